The number of anilines is 1. The van der Waals surface area contributed by atoms with E-state index in [0.29, 0.717) is 32.8 Å². The second kappa shape index (κ2) is 10.7. The fourth-order valence-corrected chi connectivity index (χ4v) is 3.89. The van der Waals surface area contributed by atoms with Crippen LogP contribution < -0.4 is 14.8 Å². The van der Waals surface area contributed by atoms with Crippen molar-refractivity contribution in [1.82, 2.24) is 0 Å². The molecule has 0 aliphatic heterocycles. The van der Waals surface area contributed by atoms with E-state index in [2.05, 4.69) is 21.2 Å². The molecule has 0 spiro atoms. The highest BCUT2D eigenvalue weighted by Gasteiger charge is 2.10. The van der Waals surface area contributed by atoms with Gasteiger partial charge in [0.15, 0.2) is 11.5 Å². The number of benzene rings is 3. The molecule has 0 aliphatic rings. The lowest BCUT2D eigenvalue weighted by molar-refractivity contribution is -0.111. The van der Waals surface area contributed by atoms with Crippen molar-refractivity contribution in [3.05, 3.63) is 91.9 Å². The molecule has 0 unspecified atom stereocenters. The molecule has 1 amide bonds. The van der Waals surface area contributed by atoms with Crippen LogP contribution >= 0.6 is 39.1 Å². The van der Waals surface area contributed by atoms with E-state index in [9.17, 15) is 4.79 Å². The number of nitrogens with one attached hydrogen (secondary N) is 1. The molecular weight excluding hydrogens is 501 g/mol. The largest absolute Gasteiger partial charge is 0.493 e. The second-order valence-electron chi connectivity index (χ2n) is 6.71. The standard InChI is InChI=1S/C24H20BrCl2NO3/c1-15-6-9-21(18(25)12-15)28-24(29)11-8-16-7-10-22(23(13-16)30-2)31-14-17-19(26)4-3-5-20(17)27/h3-13H,14H2,1-2H3,(H,28,29). The fraction of sp³-hybridized carbons (Fsp3) is 0.125. The van der Waals surface area contributed by atoms with Gasteiger partial charge in [-0.1, -0.05) is 41.4 Å². The summed E-state index contributed by atoms with van der Waals surface area (Å²) >= 11 is 15.8. The normalized spacial score (nSPS) is 10.9. The Hall–Kier alpha value is -2.47. The molecule has 0 aromatic heterocycles. The average molecular weight is 521 g/mol. The first-order valence-electron chi connectivity index (χ1n) is 9.36. The van der Waals surface area contributed by atoms with Gasteiger partial charge >= 0.3 is 0 Å². The Bertz CT molecular complexity index is 1110. The van der Waals surface area contributed by atoms with Gasteiger partial charge in [-0.3, -0.25) is 4.79 Å². The molecule has 3 aromatic rings. The van der Waals surface area contributed by atoms with E-state index >= 15 is 0 Å². The van der Waals surface area contributed by atoms with Crippen LogP contribution in [0.15, 0.2) is 65.1 Å². The topological polar surface area (TPSA) is 47.6 Å². The van der Waals surface area contributed by atoms with Crippen LogP contribution in [0, 0.1) is 6.92 Å². The molecule has 0 fully saturated rings. The number of hydrogen-bond acceptors (Lipinski definition) is 3. The summed E-state index contributed by atoms with van der Waals surface area (Å²) in [5.41, 5.74) is 3.31. The molecule has 3 rings (SSSR count). The molecule has 160 valence electrons. The lowest BCUT2D eigenvalue weighted by atomic mass is 10.1. The second-order valence-corrected chi connectivity index (χ2v) is 8.37. The number of aryl methyl sites for hydroxylation is 1. The Kier molecular flexibility index (Phi) is 8.02. The Morgan fingerprint density at radius 1 is 1.06 bits per heavy atom. The molecule has 0 bridgehead atoms. The molecule has 4 nitrogen and oxygen atoms in total. The number of rotatable bonds is 7. The molecule has 0 heterocycles. The van der Waals surface area contributed by atoms with Crippen LogP contribution in [0.4, 0.5) is 5.69 Å². The van der Waals surface area contributed by atoms with E-state index in [1.807, 2.05) is 31.2 Å². The minimum atomic E-state index is -0.239. The van der Waals surface area contributed by atoms with Crippen molar-refractivity contribution in [3.8, 4) is 11.5 Å². The molecule has 0 radical (unpaired) electrons. The van der Waals surface area contributed by atoms with Crippen molar-refractivity contribution in [1.29, 1.82) is 0 Å². The van der Waals surface area contributed by atoms with E-state index in [-0.39, 0.29) is 12.5 Å². The molecule has 0 aliphatic carbocycles. The molecule has 0 atom stereocenters. The molecular formula is C24H20BrCl2NO3. The van der Waals surface area contributed by atoms with E-state index in [1.54, 1.807) is 43.5 Å². The predicted octanol–water partition coefficient (Wildman–Crippen LogP) is 7.30. The van der Waals surface area contributed by atoms with Gasteiger partial charge in [0.25, 0.3) is 0 Å². The minimum absolute atomic E-state index is 0.206. The van der Waals surface area contributed by atoms with Crippen LogP contribution in [0.1, 0.15) is 16.7 Å². The number of hydrogen-bond donors (Lipinski definition) is 1. The van der Waals surface area contributed by atoms with Crippen LogP contribution in [-0.2, 0) is 11.4 Å². The average Bonchev–Trinajstić information content (AvgIpc) is 2.74. The summed E-state index contributed by atoms with van der Waals surface area (Å²) in [4.78, 5) is 12.3. The third-order valence-corrected chi connectivity index (χ3v) is 5.80. The molecule has 3 aromatic carbocycles. The number of halogens is 3. The third-order valence-electron chi connectivity index (χ3n) is 4.43. The molecule has 31 heavy (non-hydrogen) atoms. The first-order chi connectivity index (χ1) is 14.9. The number of ether oxygens (including phenoxy) is 2. The van der Waals surface area contributed by atoms with E-state index in [4.69, 9.17) is 32.7 Å². The summed E-state index contributed by atoms with van der Waals surface area (Å²) in [7, 11) is 1.56. The SMILES string of the molecule is COc1cc(C=CC(=O)Nc2ccc(C)cc2Br)ccc1OCc1c(Cl)cccc1Cl. The monoisotopic (exact) mass is 519 g/mol. The highest BCUT2D eigenvalue weighted by molar-refractivity contribution is 9.10. The molecule has 7 heteroatoms. The maximum Gasteiger partial charge on any atom is 0.248 e. The number of carbonyl (C=O) groups excluding carboxylic acids is 1. The maximum atomic E-state index is 12.3. The first-order valence-corrected chi connectivity index (χ1v) is 10.9. The van der Waals surface area contributed by atoms with Crippen molar-refractivity contribution < 1.29 is 14.3 Å². The Balaban J connectivity index is 1.68. The quantitative estimate of drug-likeness (QED) is 0.332. The van der Waals surface area contributed by atoms with Gasteiger partial charge in [0.05, 0.1) is 12.8 Å². The number of carbonyl (C=O) groups is 1. The van der Waals surface area contributed by atoms with Crippen molar-refractivity contribution in [3.63, 3.8) is 0 Å². The van der Waals surface area contributed by atoms with Gasteiger partial charge in [-0.05, 0) is 76.5 Å². The first kappa shape index (κ1) is 23.2. The zero-order chi connectivity index (χ0) is 22.4. The van der Waals surface area contributed by atoms with Crippen LogP contribution in [0.2, 0.25) is 10.0 Å². The van der Waals surface area contributed by atoms with Crippen LogP contribution in [0.3, 0.4) is 0 Å². The Morgan fingerprint density at radius 2 is 1.81 bits per heavy atom. The highest BCUT2D eigenvalue weighted by Crippen LogP contribution is 2.32. The van der Waals surface area contributed by atoms with Gasteiger partial charge in [0, 0.05) is 26.2 Å². The predicted molar refractivity (Wildman–Crippen MR) is 130 cm³/mol. The Labute approximate surface area is 199 Å². The van der Waals surface area contributed by atoms with Crippen molar-refractivity contribution >= 4 is 56.8 Å². The maximum absolute atomic E-state index is 12.3. The molecule has 0 saturated carbocycles. The number of amides is 1. The van der Waals surface area contributed by atoms with E-state index in [1.165, 1.54) is 6.08 Å². The van der Waals surface area contributed by atoms with Crippen molar-refractivity contribution in [2.45, 2.75) is 13.5 Å². The summed E-state index contributed by atoms with van der Waals surface area (Å²) in [5.74, 6) is 0.841. The smallest absolute Gasteiger partial charge is 0.248 e. The van der Waals surface area contributed by atoms with Gasteiger partial charge in [-0.25, -0.2) is 0 Å². The lowest BCUT2D eigenvalue weighted by Crippen LogP contribution is -2.08. The molecule has 0 saturated heterocycles. The van der Waals surface area contributed by atoms with Gasteiger partial charge in [-0.15, -0.1) is 0 Å². The van der Waals surface area contributed by atoms with Crippen molar-refractivity contribution in [2.24, 2.45) is 0 Å². The summed E-state index contributed by atoms with van der Waals surface area (Å²) in [6.07, 6.45) is 3.17. The summed E-state index contributed by atoms with van der Waals surface area (Å²) in [5, 5.41) is 3.92. The minimum Gasteiger partial charge on any atom is -0.493 e. The highest BCUT2D eigenvalue weighted by atomic mass is 79.9. The zero-order valence-corrected chi connectivity index (χ0v) is 20.0. The van der Waals surface area contributed by atoms with Gasteiger partial charge < -0.3 is 14.8 Å². The van der Waals surface area contributed by atoms with E-state index in [0.717, 1.165) is 15.6 Å². The Morgan fingerprint density at radius 3 is 2.48 bits per heavy atom. The summed E-state index contributed by atoms with van der Waals surface area (Å²) in [6.45, 7) is 2.19. The van der Waals surface area contributed by atoms with Gasteiger partial charge in [0.1, 0.15) is 6.61 Å². The summed E-state index contributed by atoms with van der Waals surface area (Å²) < 4.78 is 12.1. The zero-order valence-electron chi connectivity index (χ0n) is 16.9. The van der Waals surface area contributed by atoms with Crippen LogP contribution in [0.5, 0.6) is 11.5 Å². The fourth-order valence-electron chi connectivity index (χ4n) is 2.80. The molecule has 1 N–H and O–H groups in total. The number of methoxy groups -OCH3 is 1. The van der Waals surface area contributed by atoms with E-state index < -0.39 is 0 Å². The van der Waals surface area contributed by atoms with Crippen LogP contribution in [0.25, 0.3) is 6.08 Å². The van der Waals surface area contributed by atoms with Gasteiger partial charge in [0.2, 0.25) is 5.91 Å². The van der Waals surface area contributed by atoms with Crippen molar-refractivity contribution in [2.75, 3.05) is 12.4 Å². The van der Waals surface area contributed by atoms with Gasteiger partial charge in [-0.2, -0.15) is 0 Å². The lowest BCUT2D eigenvalue weighted by Gasteiger charge is -2.13. The third kappa shape index (κ3) is 6.26. The summed E-state index contributed by atoms with van der Waals surface area (Å²) in [6, 6.07) is 16.4. The van der Waals surface area contributed by atoms with Crippen LogP contribution in [-0.4, -0.2) is 13.0 Å².